The Morgan fingerprint density at radius 1 is 0.967 bits per heavy atom. The molecule has 2 aliphatic rings. The maximum absolute atomic E-state index is 5.95. The quantitative estimate of drug-likeness (QED) is 0.677. The van der Waals surface area contributed by atoms with E-state index in [1.807, 2.05) is 24.3 Å². The molecule has 0 aliphatic carbocycles. The van der Waals surface area contributed by atoms with E-state index in [0.29, 0.717) is 30.8 Å². The van der Waals surface area contributed by atoms with Gasteiger partial charge in [0.2, 0.25) is 5.95 Å². The summed E-state index contributed by atoms with van der Waals surface area (Å²) in [5.74, 6) is 2.39. The molecule has 7 nitrogen and oxygen atoms in total. The van der Waals surface area contributed by atoms with Gasteiger partial charge in [-0.15, -0.1) is 0 Å². The number of piperidine rings is 1. The second-order valence-corrected chi connectivity index (χ2v) is 8.33. The Balaban J connectivity index is 1.47. The highest BCUT2D eigenvalue weighted by molar-refractivity contribution is 7.80. The van der Waals surface area contributed by atoms with Crippen LogP contribution in [0.5, 0.6) is 0 Å². The van der Waals surface area contributed by atoms with Crippen molar-refractivity contribution in [3.05, 3.63) is 40.9 Å². The number of aromatic nitrogens is 2. The van der Waals surface area contributed by atoms with Gasteiger partial charge in [0.25, 0.3) is 0 Å². The van der Waals surface area contributed by atoms with E-state index >= 15 is 0 Å². The van der Waals surface area contributed by atoms with E-state index in [-0.39, 0.29) is 0 Å². The standard InChI is InChI=1S/C21H27ClN6OS/c22-17-6-4-16(5-7-17)15-23-21(30)26-20-24-18(27-8-2-1-3-9-27)14-19(25-20)28-10-12-29-13-11-28/h4-7,14H,1-3,8-13,15H2,(H2,23,24,25,26,30). The number of ether oxygens (including phenoxy) is 1. The molecule has 1 aromatic carbocycles. The van der Waals surface area contributed by atoms with Crippen LogP contribution < -0.4 is 20.4 Å². The predicted octanol–water partition coefficient (Wildman–Crippen LogP) is 3.44. The van der Waals surface area contributed by atoms with E-state index < -0.39 is 0 Å². The van der Waals surface area contributed by atoms with Crippen LogP contribution in [-0.2, 0) is 11.3 Å². The predicted molar refractivity (Wildman–Crippen MR) is 126 cm³/mol. The second-order valence-electron chi connectivity index (χ2n) is 7.49. The molecule has 0 saturated carbocycles. The molecular formula is C21H27ClN6OS. The summed E-state index contributed by atoms with van der Waals surface area (Å²) in [4.78, 5) is 14.1. The minimum Gasteiger partial charge on any atom is -0.378 e. The first kappa shape index (κ1) is 21.1. The number of morpholine rings is 1. The third-order valence-corrected chi connectivity index (χ3v) is 5.80. The number of nitrogens with zero attached hydrogens (tertiary/aromatic N) is 4. The molecule has 0 bridgehead atoms. The number of hydrogen-bond acceptors (Lipinski definition) is 6. The summed E-state index contributed by atoms with van der Waals surface area (Å²) >= 11 is 11.4. The van der Waals surface area contributed by atoms with Gasteiger partial charge in [-0.25, -0.2) is 0 Å². The second kappa shape index (κ2) is 10.2. The molecule has 2 aliphatic heterocycles. The van der Waals surface area contributed by atoms with Gasteiger partial charge in [0.05, 0.1) is 13.2 Å². The molecular weight excluding hydrogens is 420 g/mol. The van der Waals surface area contributed by atoms with Crippen LogP contribution in [0.3, 0.4) is 0 Å². The lowest BCUT2D eigenvalue weighted by molar-refractivity contribution is 0.122. The summed E-state index contributed by atoms with van der Waals surface area (Å²) in [6.45, 7) is 5.74. The number of nitrogens with one attached hydrogen (secondary N) is 2. The van der Waals surface area contributed by atoms with Crippen molar-refractivity contribution >= 4 is 46.5 Å². The van der Waals surface area contributed by atoms with Gasteiger partial charge in [-0.2, -0.15) is 9.97 Å². The van der Waals surface area contributed by atoms with Gasteiger partial charge < -0.3 is 25.2 Å². The van der Waals surface area contributed by atoms with Crippen LogP contribution in [0, 0.1) is 0 Å². The smallest absolute Gasteiger partial charge is 0.232 e. The monoisotopic (exact) mass is 446 g/mol. The summed E-state index contributed by atoms with van der Waals surface area (Å²) in [5, 5.41) is 7.60. The number of anilines is 3. The molecule has 1 aromatic heterocycles. The van der Waals surface area contributed by atoms with E-state index in [1.54, 1.807) is 0 Å². The Kier molecular flexibility index (Phi) is 7.20. The summed E-state index contributed by atoms with van der Waals surface area (Å²) in [5.41, 5.74) is 1.10. The Bertz CT molecular complexity index is 817. The van der Waals surface area contributed by atoms with Crippen LogP contribution in [-0.4, -0.2) is 54.5 Å². The van der Waals surface area contributed by atoms with Crippen molar-refractivity contribution in [2.75, 3.05) is 54.5 Å². The van der Waals surface area contributed by atoms with Crippen molar-refractivity contribution in [1.82, 2.24) is 15.3 Å². The van der Waals surface area contributed by atoms with E-state index in [1.165, 1.54) is 19.3 Å². The van der Waals surface area contributed by atoms with Crippen LogP contribution in [0.2, 0.25) is 5.02 Å². The summed E-state index contributed by atoms with van der Waals surface area (Å²) in [6.07, 6.45) is 3.67. The summed E-state index contributed by atoms with van der Waals surface area (Å²) in [7, 11) is 0. The maximum Gasteiger partial charge on any atom is 0.232 e. The number of rotatable bonds is 5. The zero-order valence-corrected chi connectivity index (χ0v) is 18.5. The van der Waals surface area contributed by atoms with Gasteiger partial charge in [-0.3, -0.25) is 0 Å². The van der Waals surface area contributed by atoms with Crippen molar-refractivity contribution < 1.29 is 4.74 Å². The van der Waals surface area contributed by atoms with Crippen molar-refractivity contribution in [3.63, 3.8) is 0 Å². The van der Waals surface area contributed by atoms with E-state index in [2.05, 4.69) is 26.5 Å². The molecule has 2 fully saturated rings. The zero-order chi connectivity index (χ0) is 20.8. The highest BCUT2D eigenvalue weighted by Gasteiger charge is 2.19. The average Bonchev–Trinajstić information content (AvgIpc) is 2.80. The normalized spacial score (nSPS) is 17.0. The fraction of sp³-hybridized carbons (Fsp3) is 0.476. The lowest BCUT2D eigenvalue weighted by Crippen LogP contribution is -2.38. The molecule has 160 valence electrons. The minimum atomic E-state index is 0.494. The van der Waals surface area contributed by atoms with Gasteiger partial charge >= 0.3 is 0 Å². The van der Waals surface area contributed by atoms with Crippen LogP contribution >= 0.6 is 23.8 Å². The average molecular weight is 447 g/mol. The Morgan fingerprint density at radius 3 is 2.27 bits per heavy atom. The van der Waals surface area contributed by atoms with Gasteiger partial charge in [-0.1, -0.05) is 23.7 Å². The molecule has 3 heterocycles. The topological polar surface area (TPSA) is 65.6 Å². The highest BCUT2D eigenvalue weighted by atomic mass is 35.5. The van der Waals surface area contributed by atoms with Crippen LogP contribution in [0.4, 0.5) is 17.6 Å². The molecule has 9 heteroatoms. The Hall–Kier alpha value is -2.16. The number of benzene rings is 1. The van der Waals surface area contributed by atoms with Crippen LogP contribution in [0.1, 0.15) is 24.8 Å². The van der Waals surface area contributed by atoms with Crippen LogP contribution in [0.15, 0.2) is 30.3 Å². The lowest BCUT2D eigenvalue weighted by atomic mass is 10.1. The molecule has 0 spiro atoms. The Labute approximate surface area is 187 Å². The minimum absolute atomic E-state index is 0.494. The van der Waals surface area contributed by atoms with Crippen molar-refractivity contribution in [1.29, 1.82) is 0 Å². The van der Waals surface area contributed by atoms with Crippen molar-refractivity contribution in [3.8, 4) is 0 Å². The molecule has 2 N–H and O–H groups in total. The number of thiocarbonyl (C=S) groups is 1. The van der Waals surface area contributed by atoms with E-state index in [9.17, 15) is 0 Å². The first-order chi connectivity index (χ1) is 14.7. The van der Waals surface area contributed by atoms with Crippen molar-refractivity contribution in [2.24, 2.45) is 0 Å². The molecule has 30 heavy (non-hydrogen) atoms. The summed E-state index contributed by atoms with van der Waals surface area (Å²) in [6, 6.07) is 9.78. The van der Waals surface area contributed by atoms with Gasteiger partial charge in [0.1, 0.15) is 11.6 Å². The SMILES string of the molecule is S=C(NCc1ccc(Cl)cc1)Nc1nc(N2CCCCC2)cc(N2CCOCC2)n1. The van der Waals surface area contributed by atoms with Gasteiger partial charge in [-0.05, 0) is 49.2 Å². The van der Waals surface area contributed by atoms with Gasteiger partial charge in [0.15, 0.2) is 5.11 Å². The van der Waals surface area contributed by atoms with E-state index in [4.69, 9.17) is 38.5 Å². The highest BCUT2D eigenvalue weighted by Crippen LogP contribution is 2.24. The first-order valence-corrected chi connectivity index (χ1v) is 11.2. The largest absolute Gasteiger partial charge is 0.378 e. The third kappa shape index (κ3) is 5.71. The molecule has 0 unspecified atom stereocenters. The molecule has 2 saturated heterocycles. The summed E-state index contributed by atoms with van der Waals surface area (Å²) < 4.78 is 5.49. The Morgan fingerprint density at radius 2 is 1.60 bits per heavy atom. The van der Waals surface area contributed by atoms with Gasteiger partial charge in [0, 0.05) is 43.8 Å². The zero-order valence-electron chi connectivity index (χ0n) is 16.9. The van der Waals surface area contributed by atoms with Crippen molar-refractivity contribution in [2.45, 2.75) is 25.8 Å². The molecule has 0 amide bonds. The molecule has 2 aromatic rings. The maximum atomic E-state index is 5.95. The number of halogens is 1. The number of hydrogen-bond donors (Lipinski definition) is 2. The lowest BCUT2D eigenvalue weighted by Gasteiger charge is -2.31. The molecule has 4 rings (SSSR count). The molecule has 0 radical (unpaired) electrons. The fourth-order valence-corrected chi connectivity index (χ4v) is 3.94. The fourth-order valence-electron chi connectivity index (χ4n) is 3.65. The van der Waals surface area contributed by atoms with E-state index in [0.717, 1.165) is 48.4 Å². The third-order valence-electron chi connectivity index (χ3n) is 5.31. The first-order valence-electron chi connectivity index (χ1n) is 10.4. The molecule has 0 atom stereocenters. The van der Waals surface area contributed by atoms with Crippen LogP contribution in [0.25, 0.3) is 0 Å².